The first-order chi connectivity index (χ1) is 9.61. The number of hydrogen-bond acceptors (Lipinski definition) is 6. The van der Waals surface area contributed by atoms with Gasteiger partial charge in [-0.1, -0.05) is 11.3 Å². The second-order valence-electron chi connectivity index (χ2n) is 4.46. The molecule has 1 aromatic heterocycles. The molecule has 0 bridgehead atoms. The molecule has 7 heteroatoms. The van der Waals surface area contributed by atoms with Crippen LogP contribution >= 0.6 is 11.3 Å². The summed E-state index contributed by atoms with van der Waals surface area (Å²) in [5.74, 6) is 0. The number of aryl methyl sites for hydroxylation is 2. The smallest absolute Gasteiger partial charge is 0.269 e. The Kier molecular flexibility index (Phi) is 4.75. The Morgan fingerprint density at radius 1 is 1.40 bits per heavy atom. The predicted octanol–water partition coefficient (Wildman–Crippen LogP) is 2.57. The van der Waals surface area contributed by atoms with Crippen molar-refractivity contribution in [1.82, 2.24) is 15.5 Å². The summed E-state index contributed by atoms with van der Waals surface area (Å²) in [7, 11) is 1.92. The monoisotopic (exact) mass is 292 g/mol. The molecule has 0 radical (unpaired) electrons. The summed E-state index contributed by atoms with van der Waals surface area (Å²) < 4.78 is 0. The van der Waals surface area contributed by atoms with E-state index in [-0.39, 0.29) is 10.6 Å². The first-order valence-electron chi connectivity index (χ1n) is 6.34. The van der Waals surface area contributed by atoms with Crippen LogP contribution in [-0.2, 0) is 6.42 Å². The standard InChI is InChI=1S/C13H16N4O2S/c1-9-8-10(17(18)19)5-6-11(9)13-16-15-12(20-13)4-3-7-14-2/h5-6,8,14H,3-4,7H2,1-2H3. The Hall–Kier alpha value is -1.86. The summed E-state index contributed by atoms with van der Waals surface area (Å²) in [6.45, 7) is 2.80. The van der Waals surface area contributed by atoms with E-state index in [4.69, 9.17) is 0 Å². The minimum Gasteiger partial charge on any atom is -0.320 e. The van der Waals surface area contributed by atoms with E-state index in [1.807, 2.05) is 14.0 Å². The normalized spacial score (nSPS) is 10.7. The average molecular weight is 292 g/mol. The van der Waals surface area contributed by atoms with Crippen molar-refractivity contribution in [2.24, 2.45) is 0 Å². The van der Waals surface area contributed by atoms with E-state index in [0.717, 1.165) is 40.5 Å². The van der Waals surface area contributed by atoms with E-state index in [1.165, 1.54) is 6.07 Å². The Morgan fingerprint density at radius 3 is 2.85 bits per heavy atom. The van der Waals surface area contributed by atoms with Gasteiger partial charge in [-0.15, -0.1) is 10.2 Å². The maximum Gasteiger partial charge on any atom is 0.269 e. The minimum absolute atomic E-state index is 0.102. The molecular formula is C13H16N4O2S. The van der Waals surface area contributed by atoms with Gasteiger partial charge in [0, 0.05) is 24.1 Å². The van der Waals surface area contributed by atoms with Crippen molar-refractivity contribution in [1.29, 1.82) is 0 Å². The average Bonchev–Trinajstić information content (AvgIpc) is 2.87. The highest BCUT2D eigenvalue weighted by Gasteiger charge is 2.13. The van der Waals surface area contributed by atoms with Gasteiger partial charge in [-0.05, 0) is 38.6 Å². The van der Waals surface area contributed by atoms with Gasteiger partial charge in [0.25, 0.3) is 5.69 Å². The first-order valence-corrected chi connectivity index (χ1v) is 7.16. The maximum absolute atomic E-state index is 10.7. The molecule has 0 saturated carbocycles. The highest BCUT2D eigenvalue weighted by atomic mass is 32.1. The number of aromatic nitrogens is 2. The van der Waals surface area contributed by atoms with Crippen molar-refractivity contribution in [3.63, 3.8) is 0 Å². The lowest BCUT2D eigenvalue weighted by molar-refractivity contribution is -0.384. The van der Waals surface area contributed by atoms with Crippen LogP contribution in [0.5, 0.6) is 0 Å². The molecule has 1 heterocycles. The van der Waals surface area contributed by atoms with E-state index in [1.54, 1.807) is 23.5 Å². The van der Waals surface area contributed by atoms with Crippen molar-refractivity contribution in [3.05, 3.63) is 38.9 Å². The second-order valence-corrected chi connectivity index (χ2v) is 5.53. The fourth-order valence-corrected chi connectivity index (χ4v) is 2.85. The molecule has 1 aromatic carbocycles. The largest absolute Gasteiger partial charge is 0.320 e. The molecular weight excluding hydrogens is 276 g/mol. The van der Waals surface area contributed by atoms with Crippen molar-refractivity contribution < 1.29 is 4.92 Å². The summed E-state index contributed by atoms with van der Waals surface area (Å²) in [5, 5.41) is 24.0. The van der Waals surface area contributed by atoms with Gasteiger partial charge in [-0.25, -0.2) is 0 Å². The zero-order chi connectivity index (χ0) is 14.5. The molecule has 2 aromatic rings. The molecule has 20 heavy (non-hydrogen) atoms. The van der Waals surface area contributed by atoms with Crippen LogP contribution in [0, 0.1) is 17.0 Å². The fourth-order valence-electron chi connectivity index (χ4n) is 1.88. The van der Waals surface area contributed by atoms with Gasteiger partial charge >= 0.3 is 0 Å². The van der Waals surface area contributed by atoms with Crippen LogP contribution < -0.4 is 5.32 Å². The number of non-ortho nitro benzene ring substituents is 1. The maximum atomic E-state index is 10.7. The lowest BCUT2D eigenvalue weighted by Crippen LogP contribution is -2.08. The Labute approximate surface area is 121 Å². The lowest BCUT2D eigenvalue weighted by atomic mass is 10.1. The molecule has 0 unspecified atom stereocenters. The fraction of sp³-hybridized carbons (Fsp3) is 0.385. The summed E-state index contributed by atoms with van der Waals surface area (Å²) in [5.41, 5.74) is 1.86. The highest BCUT2D eigenvalue weighted by molar-refractivity contribution is 7.14. The van der Waals surface area contributed by atoms with E-state index < -0.39 is 0 Å². The Balaban J connectivity index is 2.17. The van der Waals surface area contributed by atoms with Crippen molar-refractivity contribution in [2.45, 2.75) is 19.8 Å². The van der Waals surface area contributed by atoms with Crippen molar-refractivity contribution in [3.8, 4) is 10.6 Å². The number of nitrogens with one attached hydrogen (secondary N) is 1. The first kappa shape index (κ1) is 14.5. The van der Waals surface area contributed by atoms with Crippen LogP contribution in [0.25, 0.3) is 10.6 Å². The quantitative estimate of drug-likeness (QED) is 0.503. The van der Waals surface area contributed by atoms with Gasteiger partial charge in [-0.3, -0.25) is 10.1 Å². The molecule has 0 aliphatic rings. The molecule has 2 rings (SSSR count). The number of hydrogen-bond donors (Lipinski definition) is 1. The SMILES string of the molecule is CNCCCc1nnc(-c2ccc([N+](=O)[O-])cc2C)s1. The van der Waals surface area contributed by atoms with Crippen LogP contribution in [0.15, 0.2) is 18.2 Å². The van der Waals surface area contributed by atoms with Crippen molar-refractivity contribution in [2.75, 3.05) is 13.6 Å². The minimum atomic E-state index is -0.389. The predicted molar refractivity (Wildman–Crippen MR) is 79.0 cm³/mol. The van der Waals surface area contributed by atoms with Gasteiger partial charge in [0.05, 0.1) is 4.92 Å². The highest BCUT2D eigenvalue weighted by Crippen LogP contribution is 2.29. The zero-order valence-electron chi connectivity index (χ0n) is 11.4. The van der Waals surface area contributed by atoms with Crippen LogP contribution in [0.3, 0.4) is 0 Å². The topological polar surface area (TPSA) is 81.0 Å². The molecule has 6 nitrogen and oxygen atoms in total. The Bertz CT molecular complexity index is 612. The van der Waals surface area contributed by atoms with Crippen LogP contribution in [0.2, 0.25) is 0 Å². The zero-order valence-corrected chi connectivity index (χ0v) is 12.2. The van der Waals surface area contributed by atoms with Crippen LogP contribution in [0.1, 0.15) is 17.0 Å². The number of nitro groups is 1. The van der Waals surface area contributed by atoms with E-state index in [2.05, 4.69) is 15.5 Å². The number of nitrogens with zero attached hydrogens (tertiary/aromatic N) is 3. The molecule has 0 aliphatic carbocycles. The summed E-state index contributed by atoms with van der Waals surface area (Å²) in [4.78, 5) is 10.3. The summed E-state index contributed by atoms with van der Waals surface area (Å²) in [6.07, 6.45) is 1.91. The van der Waals surface area contributed by atoms with Crippen LogP contribution in [0.4, 0.5) is 5.69 Å². The molecule has 0 atom stereocenters. The van der Waals surface area contributed by atoms with Gasteiger partial charge in [0.15, 0.2) is 0 Å². The third-order valence-electron chi connectivity index (χ3n) is 2.94. The van der Waals surface area contributed by atoms with Gasteiger partial charge in [-0.2, -0.15) is 0 Å². The van der Waals surface area contributed by atoms with E-state index in [9.17, 15) is 10.1 Å². The molecule has 0 fully saturated rings. The molecule has 1 N–H and O–H groups in total. The van der Waals surface area contributed by atoms with Gasteiger partial charge in [0.1, 0.15) is 10.0 Å². The van der Waals surface area contributed by atoms with Crippen molar-refractivity contribution >= 4 is 17.0 Å². The molecule has 0 spiro atoms. The third-order valence-corrected chi connectivity index (χ3v) is 3.95. The summed E-state index contributed by atoms with van der Waals surface area (Å²) in [6, 6.07) is 4.81. The molecule has 0 saturated heterocycles. The van der Waals surface area contributed by atoms with E-state index in [0.29, 0.717) is 0 Å². The van der Waals surface area contributed by atoms with E-state index >= 15 is 0 Å². The summed E-state index contributed by atoms with van der Waals surface area (Å²) >= 11 is 1.54. The molecule has 106 valence electrons. The number of rotatable bonds is 6. The lowest BCUT2D eigenvalue weighted by Gasteiger charge is -2.00. The van der Waals surface area contributed by atoms with Gasteiger partial charge < -0.3 is 5.32 Å². The Morgan fingerprint density at radius 2 is 2.20 bits per heavy atom. The molecule has 0 aliphatic heterocycles. The third kappa shape index (κ3) is 3.37. The second kappa shape index (κ2) is 6.53. The van der Waals surface area contributed by atoms with Crippen LogP contribution in [-0.4, -0.2) is 28.7 Å². The van der Waals surface area contributed by atoms with Gasteiger partial charge in [0.2, 0.25) is 0 Å². The molecule has 0 amide bonds. The number of benzene rings is 1. The number of nitro benzene ring substituents is 1.